The third kappa shape index (κ3) is 5.91. The molecule has 0 atom stereocenters. The number of hydrazine groups is 1. The first-order valence-corrected chi connectivity index (χ1v) is 10.1. The Labute approximate surface area is 187 Å². The number of rotatable bonds is 2. The van der Waals surface area contributed by atoms with Gasteiger partial charge < -0.3 is 0 Å². The number of thiocarbonyl (C=S) groups is 1. The molecule has 0 fully saturated rings. The SMILES string of the molecule is CC(C)(C)c1ccc(C(=O)NC(=S)NNC(=O)c2ccc(Cl)cc2Cl)cc1Br. The third-order valence-electron chi connectivity index (χ3n) is 3.73. The monoisotopic (exact) mass is 501 g/mol. The summed E-state index contributed by atoms with van der Waals surface area (Å²) in [5.74, 6) is -0.923. The highest BCUT2D eigenvalue weighted by atomic mass is 79.9. The zero-order chi connectivity index (χ0) is 21.1. The molecule has 0 radical (unpaired) electrons. The second-order valence-corrected chi connectivity index (χ2v) is 9.04. The maximum absolute atomic E-state index is 12.4. The molecular weight excluding hydrogens is 485 g/mol. The van der Waals surface area contributed by atoms with Crippen molar-refractivity contribution in [3.05, 3.63) is 67.6 Å². The molecule has 0 aliphatic heterocycles. The topological polar surface area (TPSA) is 70.2 Å². The largest absolute Gasteiger partial charge is 0.298 e. The Morgan fingerprint density at radius 1 is 1.00 bits per heavy atom. The first-order valence-electron chi connectivity index (χ1n) is 8.16. The van der Waals surface area contributed by atoms with Crippen molar-refractivity contribution in [3.8, 4) is 0 Å². The maximum Gasteiger partial charge on any atom is 0.271 e. The number of hydrogen-bond donors (Lipinski definition) is 3. The average Bonchev–Trinajstić information content (AvgIpc) is 2.58. The summed E-state index contributed by atoms with van der Waals surface area (Å²) in [6.45, 7) is 6.25. The second kappa shape index (κ2) is 9.22. The van der Waals surface area contributed by atoms with Crippen LogP contribution in [0.25, 0.3) is 0 Å². The summed E-state index contributed by atoms with van der Waals surface area (Å²) in [4.78, 5) is 24.5. The Hall–Kier alpha value is -1.67. The van der Waals surface area contributed by atoms with Crippen LogP contribution in [-0.4, -0.2) is 16.9 Å². The first-order chi connectivity index (χ1) is 13.0. The van der Waals surface area contributed by atoms with E-state index in [1.807, 2.05) is 6.07 Å². The van der Waals surface area contributed by atoms with Gasteiger partial charge in [0.15, 0.2) is 5.11 Å². The highest BCUT2D eigenvalue weighted by Crippen LogP contribution is 2.30. The second-order valence-electron chi connectivity index (χ2n) is 6.93. The van der Waals surface area contributed by atoms with Crippen molar-refractivity contribution in [1.82, 2.24) is 16.2 Å². The minimum atomic E-state index is -0.518. The number of hydrogen-bond acceptors (Lipinski definition) is 3. The summed E-state index contributed by atoms with van der Waals surface area (Å²) in [6.07, 6.45) is 0. The van der Waals surface area contributed by atoms with Crippen LogP contribution in [0.15, 0.2) is 40.9 Å². The Kier molecular flexibility index (Phi) is 7.45. The molecule has 0 spiro atoms. The van der Waals surface area contributed by atoms with Crippen LogP contribution in [0.3, 0.4) is 0 Å². The van der Waals surface area contributed by atoms with Crippen molar-refractivity contribution in [2.75, 3.05) is 0 Å². The molecule has 28 heavy (non-hydrogen) atoms. The van der Waals surface area contributed by atoms with Crippen LogP contribution in [0.1, 0.15) is 47.1 Å². The lowest BCUT2D eigenvalue weighted by Gasteiger charge is -2.21. The number of halogens is 3. The first kappa shape index (κ1) is 22.6. The van der Waals surface area contributed by atoms with E-state index in [0.29, 0.717) is 10.6 Å². The molecule has 2 rings (SSSR count). The molecule has 148 valence electrons. The van der Waals surface area contributed by atoms with Gasteiger partial charge in [0.2, 0.25) is 0 Å². The Balaban J connectivity index is 1.96. The van der Waals surface area contributed by atoms with Crippen molar-refractivity contribution in [1.29, 1.82) is 0 Å². The van der Waals surface area contributed by atoms with E-state index in [-0.39, 0.29) is 21.1 Å². The highest BCUT2D eigenvalue weighted by molar-refractivity contribution is 9.10. The average molecular weight is 503 g/mol. The summed E-state index contributed by atoms with van der Waals surface area (Å²) in [6, 6.07) is 9.82. The summed E-state index contributed by atoms with van der Waals surface area (Å²) in [7, 11) is 0. The molecule has 0 unspecified atom stereocenters. The van der Waals surface area contributed by atoms with Crippen molar-refractivity contribution in [3.63, 3.8) is 0 Å². The number of carbonyl (C=O) groups excluding carboxylic acids is 2. The third-order valence-corrected chi connectivity index (χ3v) is 5.14. The van der Waals surface area contributed by atoms with Gasteiger partial charge in [-0.1, -0.05) is 66.0 Å². The number of nitrogens with one attached hydrogen (secondary N) is 3. The van der Waals surface area contributed by atoms with Crippen molar-refractivity contribution in [2.45, 2.75) is 26.2 Å². The lowest BCUT2D eigenvalue weighted by molar-refractivity contribution is 0.0934. The standard InChI is InChI=1S/C19H18BrCl2N3O2S/c1-19(2,3)13-7-4-10(8-14(13)20)16(26)23-18(28)25-24-17(27)12-6-5-11(21)9-15(12)22/h4-9H,1-3H3,(H,24,27)(H2,23,25,26,28). The number of benzene rings is 2. The quantitative estimate of drug-likeness (QED) is 0.399. The zero-order valence-electron chi connectivity index (χ0n) is 15.3. The fourth-order valence-electron chi connectivity index (χ4n) is 2.33. The van der Waals surface area contributed by atoms with E-state index < -0.39 is 11.8 Å². The number of carbonyl (C=O) groups is 2. The van der Waals surface area contributed by atoms with E-state index >= 15 is 0 Å². The Bertz CT molecular complexity index is 945. The molecule has 0 saturated carbocycles. The smallest absolute Gasteiger partial charge is 0.271 e. The van der Waals surface area contributed by atoms with Gasteiger partial charge in [0.05, 0.1) is 10.6 Å². The van der Waals surface area contributed by atoms with Gasteiger partial charge in [-0.05, 0) is 53.5 Å². The van der Waals surface area contributed by atoms with E-state index in [4.69, 9.17) is 35.4 Å². The summed E-state index contributed by atoms with van der Waals surface area (Å²) >= 11 is 20.3. The van der Waals surface area contributed by atoms with Gasteiger partial charge in [-0.2, -0.15) is 0 Å². The fraction of sp³-hybridized carbons (Fsp3) is 0.211. The van der Waals surface area contributed by atoms with E-state index in [0.717, 1.165) is 10.0 Å². The van der Waals surface area contributed by atoms with Crippen molar-refractivity contribution < 1.29 is 9.59 Å². The fourth-order valence-corrected chi connectivity index (χ4v) is 3.94. The molecule has 2 aromatic rings. The predicted molar refractivity (Wildman–Crippen MR) is 120 cm³/mol. The molecule has 5 nitrogen and oxygen atoms in total. The zero-order valence-corrected chi connectivity index (χ0v) is 19.2. The molecule has 0 heterocycles. The summed E-state index contributed by atoms with van der Waals surface area (Å²) < 4.78 is 0.831. The van der Waals surface area contributed by atoms with E-state index in [1.54, 1.807) is 18.2 Å². The molecular formula is C19H18BrCl2N3O2S. The summed E-state index contributed by atoms with van der Waals surface area (Å²) in [5.41, 5.74) is 6.51. The van der Waals surface area contributed by atoms with E-state index in [9.17, 15) is 9.59 Å². The normalized spacial score (nSPS) is 10.9. The predicted octanol–water partition coefficient (Wildman–Crippen LogP) is 5.00. The van der Waals surface area contributed by atoms with Gasteiger partial charge in [0, 0.05) is 15.1 Å². The van der Waals surface area contributed by atoms with Gasteiger partial charge >= 0.3 is 0 Å². The molecule has 9 heteroatoms. The van der Waals surface area contributed by atoms with E-state index in [1.165, 1.54) is 12.1 Å². The van der Waals surface area contributed by atoms with Crippen LogP contribution < -0.4 is 16.2 Å². The molecule has 0 aliphatic carbocycles. The van der Waals surface area contributed by atoms with Gasteiger partial charge in [-0.3, -0.25) is 25.8 Å². The van der Waals surface area contributed by atoms with Crippen LogP contribution in [0, 0.1) is 0 Å². The minimum absolute atomic E-state index is 0.0561. The molecule has 0 aliphatic rings. The van der Waals surface area contributed by atoms with Crippen LogP contribution in [0.5, 0.6) is 0 Å². The van der Waals surface area contributed by atoms with Gasteiger partial charge in [-0.25, -0.2) is 0 Å². The number of amides is 2. The van der Waals surface area contributed by atoms with Crippen molar-refractivity contribution >= 4 is 68.3 Å². The van der Waals surface area contributed by atoms with Crippen molar-refractivity contribution in [2.24, 2.45) is 0 Å². The molecule has 0 saturated heterocycles. The molecule has 0 aromatic heterocycles. The van der Waals surface area contributed by atoms with Crippen LogP contribution >= 0.6 is 51.3 Å². The maximum atomic E-state index is 12.4. The Morgan fingerprint density at radius 2 is 1.68 bits per heavy atom. The van der Waals surface area contributed by atoms with Crippen LogP contribution in [0.2, 0.25) is 10.0 Å². The summed E-state index contributed by atoms with van der Waals surface area (Å²) in [5, 5.41) is 3.06. The molecule has 2 aromatic carbocycles. The molecule has 2 amide bonds. The molecule has 0 bridgehead atoms. The van der Waals surface area contributed by atoms with Gasteiger partial charge in [-0.15, -0.1) is 0 Å². The minimum Gasteiger partial charge on any atom is -0.298 e. The Morgan fingerprint density at radius 3 is 2.25 bits per heavy atom. The van der Waals surface area contributed by atoms with Crippen LogP contribution in [-0.2, 0) is 5.41 Å². The van der Waals surface area contributed by atoms with E-state index in [2.05, 4.69) is 52.9 Å². The van der Waals surface area contributed by atoms with Gasteiger partial charge in [0.25, 0.3) is 11.8 Å². The highest BCUT2D eigenvalue weighted by Gasteiger charge is 2.19. The van der Waals surface area contributed by atoms with Gasteiger partial charge in [0.1, 0.15) is 0 Å². The lowest BCUT2D eigenvalue weighted by Crippen LogP contribution is -2.48. The van der Waals surface area contributed by atoms with Crippen LogP contribution in [0.4, 0.5) is 0 Å². The lowest BCUT2D eigenvalue weighted by atomic mass is 9.86. The molecule has 3 N–H and O–H groups in total.